The van der Waals surface area contributed by atoms with Gasteiger partial charge in [0.25, 0.3) is 5.91 Å². The minimum atomic E-state index is -0.648. The predicted molar refractivity (Wildman–Crippen MR) is 71.3 cm³/mol. The van der Waals surface area contributed by atoms with Gasteiger partial charge in [-0.2, -0.15) is 4.39 Å². The molecule has 3 nitrogen and oxygen atoms in total. The number of pyridine rings is 1. The van der Waals surface area contributed by atoms with Crippen LogP contribution in [0.1, 0.15) is 10.4 Å². The summed E-state index contributed by atoms with van der Waals surface area (Å²) in [5.74, 6) is -0.873. The van der Waals surface area contributed by atoms with Crippen molar-refractivity contribution in [3.05, 3.63) is 57.4 Å². The molecule has 1 heterocycles. The molecule has 0 bridgehead atoms. The second-order valence-corrected chi connectivity index (χ2v) is 4.69. The molecule has 0 saturated carbocycles. The molecule has 0 atom stereocenters. The Bertz CT molecular complexity index is 606. The molecule has 0 aliphatic carbocycles. The molecule has 0 unspecified atom stereocenters. The van der Waals surface area contributed by atoms with Crippen LogP contribution >= 0.6 is 27.5 Å². The minimum Gasteiger partial charge on any atom is -0.306 e. The molecule has 0 radical (unpaired) electrons. The van der Waals surface area contributed by atoms with Gasteiger partial charge in [-0.1, -0.05) is 17.7 Å². The quantitative estimate of drug-likeness (QED) is 0.849. The summed E-state index contributed by atoms with van der Waals surface area (Å²) in [6.45, 7) is 0. The van der Waals surface area contributed by atoms with Gasteiger partial charge in [-0.25, -0.2) is 4.98 Å². The van der Waals surface area contributed by atoms with Crippen LogP contribution < -0.4 is 5.32 Å². The van der Waals surface area contributed by atoms with Crippen LogP contribution in [0.3, 0.4) is 0 Å². The number of amides is 1. The molecule has 18 heavy (non-hydrogen) atoms. The number of aromatic nitrogens is 1. The van der Waals surface area contributed by atoms with Gasteiger partial charge in [0.1, 0.15) is 5.82 Å². The first-order valence-corrected chi connectivity index (χ1v) is 6.12. The van der Waals surface area contributed by atoms with E-state index >= 15 is 0 Å². The lowest BCUT2D eigenvalue weighted by Gasteiger charge is -2.05. The van der Waals surface area contributed by atoms with Crippen molar-refractivity contribution >= 4 is 39.3 Å². The molecule has 6 heteroatoms. The van der Waals surface area contributed by atoms with Crippen molar-refractivity contribution in [2.24, 2.45) is 0 Å². The Hall–Kier alpha value is -1.46. The highest BCUT2D eigenvalue weighted by Gasteiger charge is 2.09. The smallest absolute Gasteiger partial charge is 0.256 e. The van der Waals surface area contributed by atoms with E-state index in [-0.39, 0.29) is 11.7 Å². The van der Waals surface area contributed by atoms with Crippen molar-refractivity contribution in [3.8, 4) is 0 Å². The van der Waals surface area contributed by atoms with E-state index in [2.05, 4.69) is 26.2 Å². The third kappa shape index (κ3) is 3.05. The Balaban J connectivity index is 2.19. The highest BCUT2D eigenvalue weighted by Crippen LogP contribution is 2.23. The number of halogens is 3. The Kier molecular flexibility index (Phi) is 3.93. The van der Waals surface area contributed by atoms with Crippen molar-refractivity contribution in [1.29, 1.82) is 0 Å². The topological polar surface area (TPSA) is 42.0 Å². The maximum atomic E-state index is 12.8. The van der Waals surface area contributed by atoms with Crippen molar-refractivity contribution in [3.63, 3.8) is 0 Å². The first-order chi connectivity index (χ1) is 8.56. The van der Waals surface area contributed by atoms with Gasteiger partial charge < -0.3 is 5.32 Å². The molecule has 2 aromatic rings. The van der Waals surface area contributed by atoms with Crippen molar-refractivity contribution in [2.45, 2.75) is 0 Å². The zero-order chi connectivity index (χ0) is 13.1. The van der Waals surface area contributed by atoms with Gasteiger partial charge >= 0.3 is 0 Å². The summed E-state index contributed by atoms with van der Waals surface area (Å²) in [6.07, 6.45) is 0. The molecule has 1 aromatic carbocycles. The fraction of sp³-hybridized carbons (Fsp3) is 0. The number of nitrogens with one attached hydrogen (secondary N) is 1. The van der Waals surface area contributed by atoms with Crippen molar-refractivity contribution in [1.82, 2.24) is 4.98 Å². The van der Waals surface area contributed by atoms with Gasteiger partial charge in [0.2, 0.25) is 5.95 Å². The number of anilines is 1. The van der Waals surface area contributed by atoms with E-state index in [0.29, 0.717) is 15.1 Å². The van der Waals surface area contributed by atoms with Crippen LogP contribution in [0.4, 0.5) is 10.2 Å². The first-order valence-electron chi connectivity index (χ1n) is 4.95. The van der Waals surface area contributed by atoms with Crippen molar-refractivity contribution < 1.29 is 9.18 Å². The number of rotatable bonds is 2. The molecule has 1 aromatic heterocycles. The SMILES string of the molecule is O=C(Nc1cccc(F)n1)c1ccc(Cl)c(Br)c1. The molecule has 92 valence electrons. The molecule has 0 aliphatic rings. The molecule has 0 saturated heterocycles. The number of carbonyl (C=O) groups is 1. The second-order valence-electron chi connectivity index (χ2n) is 3.43. The van der Waals surface area contributed by atoms with Crippen LogP contribution in [0.5, 0.6) is 0 Å². The van der Waals surface area contributed by atoms with E-state index in [9.17, 15) is 9.18 Å². The summed E-state index contributed by atoms with van der Waals surface area (Å²) in [5, 5.41) is 3.00. The zero-order valence-electron chi connectivity index (χ0n) is 8.95. The van der Waals surface area contributed by atoms with E-state index in [1.807, 2.05) is 0 Å². The van der Waals surface area contributed by atoms with Crippen LogP contribution in [0.25, 0.3) is 0 Å². The summed E-state index contributed by atoms with van der Waals surface area (Å²) in [6, 6.07) is 8.93. The average Bonchev–Trinajstić information content (AvgIpc) is 2.32. The Morgan fingerprint density at radius 3 is 2.78 bits per heavy atom. The average molecular weight is 330 g/mol. The fourth-order valence-corrected chi connectivity index (χ4v) is 1.80. The molecular weight excluding hydrogens is 322 g/mol. The lowest BCUT2D eigenvalue weighted by Crippen LogP contribution is -2.13. The molecule has 1 N–H and O–H groups in total. The molecule has 0 fully saturated rings. The van der Waals surface area contributed by atoms with Gasteiger partial charge in [0, 0.05) is 10.0 Å². The molecule has 0 aliphatic heterocycles. The van der Waals surface area contributed by atoms with E-state index in [0.717, 1.165) is 0 Å². The van der Waals surface area contributed by atoms with Gasteiger partial charge in [-0.15, -0.1) is 0 Å². The van der Waals surface area contributed by atoms with E-state index in [1.54, 1.807) is 18.2 Å². The van der Waals surface area contributed by atoms with Crippen LogP contribution in [-0.4, -0.2) is 10.9 Å². The summed E-state index contributed by atoms with van der Waals surface area (Å²) < 4.78 is 13.5. The number of carbonyl (C=O) groups excluding carboxylic acids is 1. The highest BCUT2D eigenvalue weighted by atomic mass is 79.9. The lowest BCUT2D eigenvalue weighted by atomic mass is 10.2. The lowest BCUT2D eigenvalue weighted by molar-refractivity contribution is 0.102. The number of hydrogen-bond acceptors (Lipinski definition) is 2. The van der Waals surface area contributed by atoms with E-state index < -0.39 is 5.95 Å². The zero-order valence-corrected chi connectivity index (χ0v) is 11.3. The normalized spacial score (nSPS) is 10.2. The van der Waals surface area contributed by atoms with Gasteiger partial charge in [-0.05, 0) is 46.3 Å². The van der Waals surface area contributed by atoms with Crippen LogP contribution in [-0.2, 0) is 0 Å². The monoisotopic (exact) mass is 328 g/mol. The molecule has 2 rings (SSSR count). The maximum absolute atomic E-state index is 12.8. The van der Waals surface area contributed by atoms with E-state index in [4.69, 9.17) is 11.6 Å². The van der Waals surface area contributed by atoms with Gasteiger partial charge in [-0.3, -0.25) is 4.79 Å². The second kappa shape index (κ2) is 5.46. The molecule has 0 spiro atoms. The van der Waals surface area contributed by atoms with Crippen LogP contribution in [0.15, 0.2) is 40.9 Å². The minimum absolute atomic E-state index is 0.158. The Morgan fingerprint density at radius 1 is 1.33 bits per heavy atom. The van der Waals surface area contributed by atoms with Gasteiger partial charge in [0.05, 0.1) is 5.02 Å². The van der Waals surface area contributed by atoms with Crippen molar-refractivity contribution in [2.75, 3.05) is 5.32 Å². The Labute approximate surface area is 116 Å². The number of nitrogens with zero attached hydrogens (tertiary/aromatic N) is 1. The van der Waals surface area contributed by atoms with E-state index in [1.165, 1.54) is 18.2 Å². The highest BCUT2D eigenvalue weighted by molar-refractivity contribution is 9.10. The molecule has 1 amide bonds. The third-order valence-corrected chi connectivity index (χ3v) is 3.35. The standard InChI is InChI=1S/C12H7BrClFN2O/c13-8-6-7(4-5-9(8)14)12(18)17-11-3-1-2-10(15)16-11/h1-6H,(H,16,17,18). The van der Waals surface area contributed by atoms with Crippen LogP contribution in [0, 0.1) is 5.95 Å². The number of benzene rings is 1. The number of hydrogen-bond donors (Lipinski definition) is 1. The summed E-state index contributed by atoms with van der Waals surface area (Å²) in [5.41, 5.74) is 0.400. The molecular formula is C12H7BrClFN2O. The third-order valence-electron chi connectivity index (χ3n) is 2.14. The van der Waals surface area contributed by atoms with Gasteiger partial charge in [0.15, 0.2) is 0 Å². The maximum Gasteiger partial charge on any atom is 0.256 e. The van der Waals surface area contributed by atoms with Crippen LogP contribution in [0.2, 0.25) is 5.02 Å². The summed E-state index contributed by atoms with van der Waals surface area (Å²) in [7, 11) is 0. The largest absolute Gasteiger partial charge is 0.306 e. The Morgan fingerprint density at radius 2 is 2.11 bits per heavy atom. The first kappa shape index (κ1) is 13.0. The predicted octanol–water partition coefficient (Wildman–Crippen LogP) is 3.89. The summed E-state index contributed by atoms with van der Waals surface area (Å²) in [4.78, 5) is 15.4. The summed E-state index contributed by atoms with van der Waals surface area (Å²) >= 11 is 9.05. The fourth-order valence-electron chi connectivity index (χ4n) is 1.30.